The van der Waals surface area contributed by atoms with Crippen LogP contribution in [0.3, 0.4) is 0 Å². The van der Waals surface area contributed by atoms with E-state index in [1.165, 1.54) is 6.07 Å². The molecule has 0 radical (unpaired) electrons. The fourth-order valence-corrected chi connectivity index (χ4v) is 2.55. The fraction of sp³-hybridized carbons (Fsp3) is 0.579. The molecule has 2 N–H and O–H groups in total. The molecule has 156 valence electrons. The highest BCUT2D eigenvalue weighted by Crippen LogP contribution is 2.11. The number of hydrogen-bond donors (Lipinski definition) is 2. The molecule has 0 saturated heterocycles. The number of ketones is 1. The Bertz CT molecular complexity index is 662. The number of unbranched alkanes of at least 4 members (excludes halogenated alkanes) is 1. The largest absolute Gasteiger partial charge is 0.444 e. The highest BCUT2D eigenvalue weighted by atomic mass is 35.5. The average Bonchev–Trinajstić information content (AvgIpc) is 2.62. The first-order valence-corrected chi connectivity index (χ1v) is 9.61. The molecule has 1 atom stereocenters. The van der Waals surface area contributed by atoms with Gasteiger partial charge in [0.15, 0.2) is 5.78 Å². The summed E-state index contributed by atoms with van der Waals surface area (Å²) in [7, 11) is 0. The Morgan fingerprint density at radius 2 is 1.93 bits per heavy atom. The van der Waals surface area contributed by atoms with Crippen molar-refractivity contribution in [3.8, 4) is 0 Å². The van der Waals surface area contributed by atoms with Gasteiger partial charge in [0.2, 0.25) is 5.95 Å². The number of carbonyl (C=O) groups is 3. The molecule has 0 aliphatic heterocycles. The number of aromatic nitrogens is 1. The van der Waals surface area contributed by atoms with Crippen molar-refractivity contribution in [3.63, 3.8) is 0 Å². The lowest BCUT2D eigenvalue weighted by molar-refractivity contribution is -0.120. The normalized spacial score (nSPS) is 12.2. The molecule has 1 heterocycles. The maximum absolute atomic E-state index is 12.8. The minimum atomic E-state index is -0.674. The molecule has 0 aromatic carbocycles. The first-order valence-electron chi connectivity index (χ1n) is 9.07. The van der Waals surface area contributed by atoms with Crippen molar-refractivity contribution < 1.29 is 23.5 Å². The topological polar surface area (TPSA) is 97.4 Å². The number of carbonyl (C=O) groups excluding carboxylic acids is 3. The van der Waals surface area contributed by atoms with Crippen LogP contribution in [0.1, 0.15) is 50.4 Å². The van der Waals surface area contributed by atoms with Crippen LogP contribution in [0, 0.1) is 11.9 Å². The van der Waals surface area contributed by atoms with Gasteiger partial charge in [-0.1, -0.05) is 6.42 Å². The summed E-state index contributed by atoms with van der Waals surface area (Å²) in [5, 5.41) is 5.30. The van der Waals surface area contributed by atoms with Gasteiger partial charge >= 0.3 is 6.09 Å². The lowest BCUT2D eigenvalue weighted by Gasteiger charge is -2.20. The molecule has 1 unspecified atom stereocenters. The summed E-state index contributed by atoms with van der Waals surface area (Å²) >= 11 is 5.65. The van der Waals surface area contributed by atoms with Gasteiger partial charge in [-0.15, -0.1) is 11.6 Å². The van der Waals surface area contributed by atoms with Gasteiger partial charge in [0.25, 0.3) is 5.91 Å². The predicted molar refractivity (Wildman–Crippen MR) is 104 cm³/mol. The SMILES string of the molecule is CC(C)(C)OC(=O)NCCCCC(CNC(=O)c1ccc(F)nc1)C(=O)CCl. The predicted octanol–water partition coefficient (Wildman–Crippen LogP) is 3.07. The third-order valence-corrected chi connectivity index (χ3v) is 4.00. The Hall–Kier alpha value is -2.22. The van der Waals surface area contributed by atoms with E-state index >= 15 is 0 Å². The lowest BCUT2D eigenvalue weighted by Crippen LogP contribution is -2.34. The van der Waals surface area contributed by atoms with Gasteiger partial charge in [-0.25, -0.2) is 9.78 Å². The first kappa shape index (κ1) is 23.8. The zero-order chi connectivity index (χ0) is 21.2. The van der Waals surface area contributed by atoms with E-state index in [4.69, 9.17) is 16.3 Å². The summed E-state index contributed by atoms with van der Waals surface area (Å²) in [5.41, 5.74) is -0.347. The Morgan fingerprint density at radius 3 is 2.50 bits per heavy atom. The first-order chi connectivity index (χ1) is 13.1. The number of amides is 2. The number of halogens is 2. The van der Waals surface area contributed by atoms with Crippen molar-refractivity contribution in [2.75, 3.05) is 19.0 Å². The number of rotatable bonds is 10. The van der Waals surface area contributed by atoms with E-state index in [1.807, 2.05) is 0 Å². The Kier molecular flexibility index (Phi) is 9.85. The number of alkyl carbamates (subject to hydrolysis) is 1. The maximum atomic E-state index is 12.8. The molecule has 0 spiro atoms. The van der Waals surface area contributed by atoms with Crippen molar-refractivity contribution in [1.29, 1.82) is 0 Å². The van der Waals surface area contributed by atoms with Crippen molar-refractivity contribution >= 4 is 29.4 Å². The van der Waals surface area contributed by atoms with Crippen LogP contribution in [0.4, 0.5) is 9.18 Å². The summed E-state index contributed by atoms with van der Waals surface area (Å²) in [5.74, 6) is -1.86. The van der Waals surface area contributed by atoms with E-state index in [0.29, 0.717) is 25.8 Å². The third-order valence-electron chi connectivity index (χ3n) is 3.73. The smallest absolute Gasteiger partial charge is 0.407 e. The molecule has 0 aliphatic carbocycles. The number of hydrogen-bond acceptors (Lipinski definition) is 5. The third kappa shape index (κ3) is 9.64. The van der Waals surface area contributed by atoms with Crippen LogP contribution < -0.4 is 10.6 Å². The van der Waals surface area contributed by atoms with Crippen LogP contribution >= 0.6 is 11.6 Å². The molecule has 0 bridgehead atoms. The van der Waals surface area contributed by atoms with E-state index in [9.17, 15) is 18.8 Å². The molecule has 1 aromatic heterocycles. The summed E-state index contributed by atoms with van der Waals surface area (Å²) in [6, 6.07) is 2.41. The zero-order valence-corrected chi connectivity index (χ0v) is 17.1. The van der Waals surface area contributed by atoms with Crippen molar-refractivity contribution in [1.82, 2.24) is 15.6 Å². The van der Waals surface area contributed by atoms with E-state index in [-0.39, 0.29) is 23.8 Å². The average molecular weight is 416 g/mol. The minimum Gasteiger partial charge on any atom is -0.444 e. The van der Waals surface area contributed by atoms with Gasteiger partial charge in [0, 0.05) is 25.2 Å². The van der Waals surface area contributed by atoms with Crippen molar-refractivity contribution in [3.05, 3.63) is 29.8 Å². The second kappa shape index (κ2) is 11.6. The quantitative estimate of drug-likeness (QED) is 0.347. The summed E-state index contributed by atoms with van der Waals surface area (Å²) in [6.07, 6.45) is 2.48. The van der Waals surface area contributed by atoms with Gasteiger partial charge in [-0.2, -0.15) is 4.39 Å². The van der Waals surface area contributed by atoms with Crippen LogP contribution in [-0.2, 0) is 9.53 Å². The molecule has 2 amide bonds. The highest BCUT2D eigenvalue weighted by molar-refractivity contribution is 6.27. The maximum Gasteiger partial charge on any atom is 0.407 e. The second-order valence-corrected chi connectivity index (χ2v) is 7.57. The molecule has 1 rings (SSSR count). The number of ether oxygens (including phenoxy) is 1. The van der Waals surface area contributed by atoms with Crippen LogP contribution in [0.15, 0.2) is 18.3 Å². The Morgan fingerprint density at radius 1 is 1.21 bits per heavy atom. The van der Waals surface area contributed by atoms with Gasteiger partial charge < -0.3 is 15.4 Å². The van der Waals surface area contributed by atoms with Crippen molar-refractivity contribution in [2.45, 2.75) is 45.6 Å². The lowest BCUT2D eigenvalue weighted by atomic mass is 9.97. The number of Topliss-reactive ketones (excluding diaryl/α,β-unsaturated/α-hetero) is 1. The molecule has 28 heavy (non-hydrogen) atoms. The molecule has 7 nitrogen and oxygen atoms in total. The van der Waals surface area contributed by atoms with Crippen LogP contribution in [-0.4, -0.2) is 47.3 Å². The number of pyridine rings is 1. The molecule has 0 saturated carbocycles. The molecule has 1 aromatic rings. The van der Waals surface area contributed by atoms with E-state index < -0.39 is 29.5 Å². The molecular weight excluding hydrogens is 389 g/mol. The van der Waals surface area contributed by atoms with Gasteiger partial charge in [0.1, 0.15) is 5.60 Å². The van der Waals surface area contributed by atoms with Crippen LogP contribution in [0.25, 0.3) is 0 Å². The molecule has 0 aliphatic rings. The minimum absolute atomic E-state index is 0.126. The van der Waals surface area contributed by atoms with Crippen LogP contribution in [0.5, 0.6) is 0 Å². The highest BCUT2D eigenvalue weighted by Gasteiger charge is 2.19. The number of nitrogens with one attached hydrogen (secondary N) is 2. The Balaban J connectivity index is 2.38. The van der Waals surface area contributed by atoms with Gasteiger partial charge in [-0.05, 0) is 45.7 Å². The van der Waals surface area contributed by atoms with Crippen LogP contribution in [0.2, 0.25) is 0 Å². The summed E-state index contributed by atoms with van der Waals surface area (Å²) in [6.45, 7) is 5.90. The van der Waals surface area contributed by atoms with Gasteiger partial charge in [-0.3, -0.25) is 9.59 Å². The zero-order valence-electron chi connectivity index (χ0n) is 16.4. The second-order valence-electron chi connectivity index (χ2n) is 7.30. The monoisotopic (exact) mass is 415 g/mol. The number of nitrogens with zero attached hydrogens (tertiary/aromatic N) is 1. The van der Waals surface area contributed by atoms with E-state index in [2.05, 4.69) is 15.6 Å². The Labute approximate surface area is 169 Å². The van der Waals surface area contributed by atoms with E-state index in [1.54, 1.807) is 20.8 Å². The van der Waals surface area contributed by atoms with Gasteiger partial charge in [0.05, 0.1) is 11.4 Å². The van der Waals surface area contributed by atoms with E-state index in [0.717, 1.165) is 12.3 Å². The molecule has 0 fully saturated rings. The summed E-state index contributed by atoms with van der Waals surface area (Å²) < 4.78 is 18.0. The number of alkyl halides is 1. The molecule has 9 heteroatoms. The standard InChI is InChI=1S/C19H27ClFN3O4/c1-19(2,3)28-18(27)22-9-5-4-6-13(15(25)10-20)11-24-17(26)14-7-8-16(21)23-12-14/h7-8,12-13H,4-6,9-11H2,1-3H3,(H,22,27)(H,24,26). The fourth-order valence-electron chi connectivity index (χ4n) is 2.33. The summed E-state index contributed by atoms with van der Waals surface area (Å²) in [4.78, 5) is 39.0. The van der Waals surface area contributed by atoms with Crippen molar-refractivity contribution in [2.24, 2.45) is 5.92 Å². The molecular formula is C19H27ClFN3O4.